The Kier molecular flexibility index (Phi) is 4.15. The molecule has 0 spiro atoms. The molecule has 0 radical (unpaired) electrons. The Balaban J connectivity index is 4.69. The van der Waals surface area contributed by atoms with Crippen molar-refractivity contribution in [3.8, 4) is 6.07 Å². The summed E-state index contributed by atoms with van der Waals surface area (Å²) in [6.07, 6.45) is 1.68. The summed E-state index contributed by atoms with van der Waals surface area (Å²) in [6.45, 7) is 0. The molecule has 0 unspecified atom stereocenters. The van der Waals surface area contributed by atoms with Crippen LogP contribution in [-0.2, 0) is 9.53 Å². The van der Waals surface area contributed by atoms with Crippen molar-refractivity contribution >= 4 is 17.7 Å². The first kappa shape index (κ1) is 9.85. The molecule has 0 aromatic carbocycles. The van der Waals surface area contributed by atoms with Gasteiger partial charge in [-0.3, -0.25) is 0 Å². The first-order valence-electron chi connectivity index (χ1n) is 2.69. The van der Waals surface area contributed by atoms with Crippen molar-refractivity contribution in [2.24, 2.45) is 5.73 Å². The molecule has 0 aliphatic heterocycles. The number of hydrogen-bond acceptors (Lipinski definition) is 5. The topological polar surface area (TPSA) is 76.1 Å². The van der Waals surface area contributed by atoms with E-state index in [0.717, 1.165) is 11.8 Å². The Labute approximate surface area is 69.0 Å². The minimum atomic E-state index is -0.695. The van der Waals surface area contributed by atoms with Crippen molar-refractivity contribution in [2.75, 3.05) is 13.4 Å². The summed E-state index contributed by atoms with van der Waals surface area (Å²) < 4.78 is 4.31. The number of carbonyl (C=O) groups excluding carboxylic acids is 1. The number of esters is 1. The Hall–Kier alpha value is -1.15. The second-order valence-electron chi connectivity index (χ2n) is 1.55. The lowest BCUT2D eigenvalue weighted by atomic mass is 10.3. The van der Waals surface area contributed by atoms with Gasteiger partial charge in [-0.1, -0.05) is 0 Å². The van der Waals surface area contributed by atoms with Gasteiger partial charge in [0.15, 0.2) is 5.57 Å². The normalized spacial score (nSPS) is 11.4. The fourth-order valence-electron chi connectivity index (χ4n) is 0.405. The third-order valence-corrected chi connectivity index (χ3v) is 1.61. The van der Waals surface area contributed by atoms with Gasteiger partial charge < -0.3 is 10.5 Å². The number of rotatable bonds is 2. The van der Waals surface area contributed by atoms with Crippen molar-refractivity contribution in [3.63, 3.8) is 0 Å². The van der Waals surface area contributed by atoms with Crippen LogP contribution in [-0.4, -0.2) is 19.3 Å². The third kappa shape index (κ3) is 2.51. The highest BCUT2D eigenvalue weighted by molar-refractivity contribution is 8.02. The maximum Gasteiger partial charge on any atom is 0.351 e. The van der Waals surface area contributed by atoms with Crippen molar-refractivity contribution in [1.29, 1.82) is 5.26 Å². The predicted molar refractivity (Wildman–Crippen MR) is 42.4 cm³/mol. The van der Waals surface area contributed by atoms with Gasteiger partial charge in [-0.2, -0.15) is 5.26 Å². The van der Waals surface area contributed by atoms with Gasteiger partial charge in [0, 0.05) is 0 Å². The molecule has 0 saturated heterocycles. The Morgan fingerprint density at radius 1 is 1.73 bits per heavy atom. The largest absolute Gasteiger partial charge is 0.465 e. The van der Waals surface area contributed by atoms with Gasteiger partial charge in [0.2, 0.25) is 0 Å². The van der Waals surface area contributed by atoms with Crippen LogP contribution in [0.5, 0.6) is 0 Å². The summed E-state index contributed by atoms with van der Waals surface area (Å²) in [7, 11) is 1.20. The quantitative estimate of drug-likeness (QED) is 0.366. The highest BCUT2D eigenvalue weighted by atomic mass is 32.2. The van der Waals surface area contributed by atoms with Crippen LogP contribution in [0, 0.1) is 11.3 Å². The lowest BCUT2D eigenvalue weighted by Gasteiger charge is -1.98. The fourth-order valence-corrected chi connectivity index (χ4v) is 0.739. The molecule has 0 fully saturated rings. The molecule has 2 N–H and O–H groups in total. The van der Waals surface area contributed by atoms with Crippen molar-refractivity contribution < 1.29 is 9.53 Å². The van der Waals surface area contributed by atoms with Crippen molar-refractivity contribution in [3.05, 3.63) is 10.6 Å². The van der Waals surface area contributed by atoms with Crippen LogP contribution in [0.25, 0.3) is 0 Å². The van der Waals surface area contributed by atoms with E-state index in [1.54, 1.807) is 12.3 Å². The molecular formula is C6H8N2O2S. The van der Waals surface area contributed by atoms with Crippen LogP contribution in [0.3, 0.4) is 0 Å². The summed E-state index contributed by atoms with van der Waals surface area (Å²) in [5.41, 5.74) is 5.18. The molecule has 0 aliphatic carbocycles. The van der Waals surface area contributed by atoms with Gasteiger partial charge >= 0.3 is 5.97 Å². The zero-order chi connectivity index (χ0) is 8.85. The van der Waals surface area contributed by atoms with E-state index in [1.807, 2.05) is 0 Å². The molecule has 0 atom stereocenters. The number of nitrogens with two attached hydrogens (primary N) is 1. The minimum Gasteiger partial charge on any atom is -0.465 e. The molecule has 0 aliphatic rings. The maximum atomic E-state index is 10.7. The molecule has 0 aromatic heterocycles. The number of thioether (sulfide) groups is 1. The van der Waals surface area contributed by atoms with Gasteiger partial charge in [-0.25, -0.2) is 4.79 Å². The van der Waals surface area contributed by atoms with Crippen LogP contribution in [0.2, 0.25) is 0 Å². The number of ether oxygens (including phenoxy) is 1. The number of nitrogens with zero attached hydrogens (tertiary/aromatic N) is 1. The van der Waals surface area contributed by atoms with Gasteiger partial charge in [-0.05, 0) is 6.26 Å². The van der Waals surface area contributed by atoms with E-state index in [1.165, 1.54) is 7.11 Å². The molecule has 0 rings (SSSR count). The SMILES string of the molecule is COC(=O)/C(C#N)=C(/N)SC. The number of hydrogen-bond donors (Lipinski definition) is 1. The van der Waals surface area contributed by atoms with E-state index >= 15 is 0 Å². The highest BCUT2D eigenvalue weighted by Gasteiger charge is 2.12. The zero-order valence-corrected chi connectivity index (χ0v) is 7.07. The number of nitriles is 1. The number of carbonyl (C=O) groups is 1. The fraction of sp³-hybridized carbons (Fsp3) is 0.333. The molecule has 0 amide bonds. The lowest BCUT2D eigenvalue weighted by molar-refractivity contribution is -0.135. The smallest absolute Gasteiger partial charge is 0.351 e. The summed E-state index contributed by atoms with van der Waals surface area (Å²) >= 11 is 1.14. The van der Waals surface area contributed by atoms with Crippen LogP contribution in [0.4, 0.5) is 0 Å². The van der Waals surface area contributed by atoms with E-state index in [-0.39, 0.29) is 10.6 Å². The van der Waals surface area contributed by atoms with Gasteiger partial charge in [-0.15, -0.1) is 11.8 Å². The molecule has 0 saturated carbocycles. The van der Waals surface area contributed by atoms with Crippen molar-refractivity contribution in [1.82, 2.24) is 0 Å². The summed E-state index contributed by atoms with van der Waals surface area (Å²) in [5.74, 6) is -0.695. The van der Waals surface area contributed by atoms with Crippen LogP contribution in [0.15, 0.2) is 10.6 Å². The van der Waals surface area contributed by atoms with E-state index in [4.69, 9.17) is 11.0 Å². The van der Waals surface area contributed by atoms with Gasteiger partial charge in [0.1, 0.15) is 6.07 Å². The molecular weight excluding hydrogens is 164 g/mol. The average molecular weight is 172 g/mol. The lowest BCUT2D eigenvalue weighted by Crippen LogP contribution is -2.09. The van der Waals surface area contributed by atoms with Gasteiger partial charge in [0.05, 0.1) is 12.1 Å². The van der Waals surface area contributed by atoms with E-state index in [2.05, 4.69) is 4.74 Å². The van der Waals surface area contributed by atoms with Crippen LogP contribution in [0.1, 0.15) is 0 Å². The van der Waals surface area contributed by atoms with Crippen LogP contribution >= 0.6 is 11.8 Å². The van der Waals surface area contributed by atoms with E-state index in [0.29, 0.717) is 0 Å². The Morgan fingerprint density at radius 2 is 2.27 bits per heavy atom. The molecule has 0 aromatic rings. The summed E-state index contributed by atoms with van der Waals surface area (Å²) in [5, 5.41) is 8.61. The number of methoxy groups -OCH3 is 1. The molecule has 11 heavy (non-hydrogen) atoms. The van der Waals surface area contributed by atoms with E-state index < -0.39 is 5.97 Å². The maximum absolute atomic E-state index is 10.7. The first-order valence-corrected chi connectivity index (χ1v) is 3.92. The van der Waals surface area contributed by atoms with Crippen LogP contribution < -0.4 is 5.73 Å². The molecule has 0 bridgehead atoms. The zero-order valence-electron chi connectivity index (χ0n) is 6.25. The minimum absolute atomic E-state index is 0.139. The second-order valence-corrected chi connectivity index (χ2v) is 2.39. The predicted octanol–water partition coefficient (Wildman–Crippen LogP) is 0.216. The molecule has 60 valence electrons. The summed E-state index contributed by atoms with van der Waals surface area (Å²) in [6, 6.07) is 1.66. The Morgan fingerprint density at radius 3 is 2.55 bits per heavy atom. The second kappa shape index (κ2) is 4.63. The molecule has 4 nitrogen and oxygen atoms in total. The standard InChI is InChI=1S/C6H8N2O2S/c1-10-6(9)4(3-7)5(8)11-2/h8H2,1-2H3/b5-4-. The first-order chi connectivity index (χ1) is 5.17. The average Bonchev–Trinajstić information content (AvgIpc) is 2.05. The van der Waals surface area contributed by atoms with Gasteiger partial charge in [0.25, 0.3) is 0 Å². The highest BCUT2D eigenvalue weighted by Crippen LogP contribution is 2.10. The van der Waals surface area contributed by atoms with Crippen molar-refractivity contribution in [2.45, 2.75) is 0 Å². The third-order valence-electron chi connectivity index (χ3n) is 0.968. The Bertz CT molecular complexity index is 229. The molecule has 0 heterocycles. The monoisotopic (exact) mass is 172 g/mol. The van der Waals surface area contributed by atoms with E-state index in [9.17, 15) is 4.79 Å². The summed E-state index contributed by atoms with van der Waals surface area (Å²) in [4.78, 5) is 10.7. The molecule has 5 heteroatoms.